The molecule has 0 unspecified atom stereocenters. The lowest BCUT2D eigenvalue weighted by molar-refractivity contribution is 0.0945. The first-order valence-corrected chi connectivity index (χ1v) is 7.37. The van der Waals surface area contributed by atoms with Crippen LogP contribution in [0.5, 0.6) is 0 Å². The summed E-state index contributed by atoms with van der Waals surface area (Å²) < 4.78 is 5.18. The minimum atomic E-state index is -0.148. The van der Waals surface area contributed by atoms with Gasteiger partial charge in [-0.1, -0.05) is 53.2 Å². The van der Waals surface area contributed by atoms with E-state index < -0.39 is 0 Å². The first-order valence-electron chi connectivity index (χ1n) is 7.37. The van der Waals surface area contributed by atoms with E-state index in [-0.39, 0.29) is 12.5 Å². The highest BCUT2D eigenvalue weighted by Gasteiger charge is 2.12. The van der Waals surface area contributed by atoms with Gasteiger partial charge in [0.2, 0.25) is 11.7 Å². The molecule has 5 heteroatoms. The number of nitrogens with one attached hydrogen (secondary N) is 1. The fraction of sp³-hybridized carbons (Fsp3) is 0.167. The van der Waals surface area contributed by atoms with E-state index in [4.69, 9.17) is 4.52 Å². The van der Waals surface area contributed by atoms with Crippen molar-refractivity contribution < 1.29 is 9.32 Å². The molecular formula is C18H17N3O2. The van der Waals surface area contributed by atoms with Crippen molar-refractivity contribution in [1.29, 1.82) is 0 Å². The van der Waals surface area contributed by atoms with Crippen LogP contribution in [-0.4, -0.2) is 16.0 Å². The van der Waals surface area contributed by atoms with Gasteiger partial charge in [0, 0.05) is 11.1 Å². The molecule has 0 aliphatic heterocycles. The van der Waals surface area contributed by atoms with Crippen LogP contribution >= 0.6 is 0 Å². The number of nitrogens with zero attached hydrogens (tertiary/aromatic N) is 2. The van der Waals surface area contributed by atoms with Crippen LogP contribution in [-0.2, 0) is 6.54 Å². The molecule has 1 heterocycles. The third-order valence-electron chi connectivity index (χ3n) is 3.54. The predicted octanol–water partition coefficient (Wildman–Crippen LogP) is 3.28. The third-order valence-corrected chi connectivity index (χ3v) is 3.54. The number of carbonyl (C=O) groups excluding carboxylic acids is 1. The molecule has 1 N–H and O–H groups in total. The Kier molecular flexibility index (Phi) is 4.19. The van der Waals surface area contributed by atoms with Crippen molar-refractivity contribution in [2.24, 2.45) is 0 Å². The Morgan fingerprint density at radius 2 is 1.91 bits per heavy atom. The number of carbonyl (C=O) groups is 1. The molecule has 0 fully saturated rings. The number of rotatable bonds is 4. The van der Waals surface area contributed by atoms with Crippen molar-refractivity contribution in [2.45, 2.75) is 20.4 Å². The lowest BCUT2D eigenvalue weighted by Crippen LogP contribution is -2.23. The molecule has 0 spiro atoms. The monoisotopic (exact) mass is 307 g/mol. The molecule has 1 amide bonds. The Labute approximate surface area is 134 Å². The second-order valence-electron chi connectivity index (χ2n) is 5.38. The molecular weight excluding hydrogens is 290 g/mol. The van der Waals surface area contributed by atoms with Crippen LogP contribution in [0, 0.1) is 13.8 Å². The summed E-state index contributed by atoms with van der Waals surface area (Å²) in [5, 5.41) is 6.74. The molecule has 3 rings (SSSR count). The molecule has 0 saturated carbocycles. The quantitative estimate of drug-likeness (QED) is 0.803. The van der Waals surface area contributed by atoms with Crippen LogP contribution in [0.25, 0.3) is 11.4 Å². The molecule has 0 bridgehead atoms. The Morgan fingerprint density at radius 1 is 1.13 bits per heavy atom. The van der Waals surface area contributed by atoms with E-state index in [1.54, 1.807) is 0 Å². The number of benzene rings is 2. The predicted molar refractivity (Wildman–Crippen MR) is 86.8 cm³/mol. The van der Waals surface area contributed by atoms with Gasteiger partial charge in [-0.2, -0.15) is 4.98 Å². The third kappa shape index (κ3) is 3.45. The first-order chi connectivity index (χ1) is 11.1. The van der Waals surface area contributed by atoms with Crippen molar-refractivity contribution in [3.05, 3.63) is 71.1 Å². The highest BCUT2D eigenvalue weighted by atomic mass is 16.5. The van der Waals surface area contributed by atoms with Gasteiger partial charge in [-0.3, -0.25) is 4.79 Å². The van der Waals surface area contributed by atoms with Gasteiger partial charge in [0.05, 0.1) is 6.54 Å². The van der Waals surface area contributed by atoms with Crippen molar-refractivity contribution in [3.8, 4) is 11.4 Å². The van der Waals surface area contributed by atoms with Crippen LogP contribution in [0.1, 0.15) is 27.4 Å². The minimum Gasteiger partial charge on any atom is -0.343 e. The highest BCUT2D eigenvalue weighted by Crippen LogP contribution is 2.15. The molecule has 5 nitrogen and oxygen atoms in total. The van der Waals surface area contributed by atoms with E-state index in [0.717, 1.165) is 16.7 Å². The summed E-state index contributed by atoms with van der Waals surface area (Å²) >= 11 is 0. The average molecular weight is 307 g/mol. The molecule has 0 saturated heterocycles. The number of hydrogen-bond acceptors (Lipinski definition) is 4. The van der Waals surface area contributed by atoms with E-state index in [2.05, 4.69) is 15.5 Å². The van der Waals surface area contributed by atoms with Gasteiger partial charge in [0.15, 0.2) is 0 Å². The zero-order valence-electron chi connectivity index (χ0n) is 13.0. The number of hydrogen-bond donors (Lipinski definition) is 1. The molecule has 2 aromatic carbocycles. The molecule has 116 valence electrons. The van der Waals surface area contributed by atoms with Gasteiger partial charge in [0.1, 0.15) is 0 Å². The molecule has 1 aromatic heterocycles. The van der Waals surface area contributed by atoms with Crippen LogP contribution in [0.2, 0.25) is 0 Å². The first kappa shape index (κ1) is 15.0. The summed E-state index contributed by atoms with van der Waals surface area (Å²) in [6.07, 6.45) is 0. The lowest BCUT2D eigenvalue weighted by atomic mass is 10.1. The topological polar surface area (TPSA) is 68.0 Å². The van der Waals surface area contributed by atoms with Gasteiger partial charge in [-0.15, -0.1) is 0 Å². The second kappa shape index (κ2) is 6.44. The van der Waals surface area contributed by atoms with Gasteiger partial charge >= 0.3 is 0 Å². The number of aryl methyl sites for hydroxylation is 2. The molecule has 0 radical (unpaired) electrons. The summed E-state index contributed by atoms with van der Waals surface area (Å²) in [7, 11) is 0. The molecule has 3 aromatic rings. The highest BCUT2D eigenvalue weighted by molar-refractivity contribution is 5.95. The van der Waals surface area contributed by atoms with E-state index in [1.807, 2.05) is 62.4 Å². The van der Waals surface area contributed by atoms with E-state index in [9.17, 15) is 4.79 Å². The van der Waals surface area contributed by atoms with Crippen LogP contribution in [0.3, 0.4) is 0 Å². The summed E-state index contributed by atoms with van der Waals surface area (Å²) in [6, 6.07) is 15.3. The fourth-order valence-corrected chi connectivity index (χ4v) is 2.26. The van der Waals surface area contributed by atoms with Crippen LogP contribution in [0.15, 0.2) is 53.1 Å². The van der Waals surface area contributed by atoms with Crippen molar-refractivity contribution in [1.82, 2.24) is 15.5 Å². The van der Waals surface area contributed by atoms with Gasteiger partial charge < -0.3 is 9.84 Å². The zero-order valence-corrected chi connectivity index (χ0v) is 13.0. The standard InChI is InChI=1S/C18H17N3O2/c1-12-8-9-13(2)15(10-12)18(22)19-11-16-20-17(21-23-16)14-6-4-3-5-7-14/h3-10H,11H2,1-2H3,(H,19,22). The largest absolute Gasteiger partial charge is 0.343 e. The van der Waals surface area contributed by atoms with Crippen molar-refractivity contribution in [2.75, 3.05) is 0 Å². The number of aromatic nitrogens is 2. The van der Waals surface area contributed by atoms with E-state index in [1.165, 1.54) is 0 Å². The maximum absolute atomic E-state index is 12.3. The molecule has 0 aliphatic rings. The Balaban J connectivity index is 1.68. The Bertz CT molecular complexity index is 825. The molecule has 0 aliphatic carbocycles. The summed E-state index contributed by atoms with van der Waals surface area (Å²) in [5.41, 5.74) is 3.52. The van der Waals surface area contributed by atoms with Crippen LogP contribution in [0.4, 0.5) is 0 Å². The zero-order chi connectivity index (χ0) is 16.2. The maximum Gasteiger partial charge on any atom is 0.251 e. The molecule has 23 heavy (non-hydrogen) atoms. The van der Waals surface area contributed by atoms with Crippen LogP contribution < -0.4 is 5.32 Å². The Hall–Kier alpha value is -2.95. The lowest BCUT2D eigenvalue weighted by Gasteiger charge is -2.06. The normalized spacial score (nSPS) is 10.5. The van der Waals surface area contributed by atoms with Gasteiger partial charge in [-0.05, 0) is 25.5 Å². The van der Waals surface area contributed by atoms with E-state index >= 15 is 0 Å². The maximum atomic E-state index is 12.3. The summed E-state index contributed by atoms with van der Waals surface area (Å²) in [4.78, 5) is 16.6. The smallest absolute Gasteiger partial charge is 0.251 e. The van der Waals surface area contributed by atoms with Crippen molar-refractivity contribution in [3.63, 3.8) is 0 Å². The van der Waals surface area contributed by atoms with E-state index in [0.29, 0.717) is 17.3 Å². The van der Waals surface area contributed by atoms with Gasteiger partial charge in [-0.25, -0.2) is 0 Å². The van der Waals surface area contributed by atoms with Crippen molar-refractivity contribution >= 4 is 5.91 Å². The average Bonchev–Trinajstić information content (AvgIpc) is 3.05. The SMILES string of the molecule is Cc1ccc(C)c(C(=O)NCc2nc(-c3ccccc3)no2)c1. The van der Waals surface area contributed by atoms with Gasteiger partial charge in [0.25, 0.3) is 5.91 Å². The number of amides is 1. The Morgan fingerprint density at radius 3 is 2.70 bits per heavy atom. The summed E-state index contributed by atoms with van der Waals surface area (Å²) in [6.45, 7) is 4.07. The molecule has 0 atom stereocenters. The minimum absolute atomic E-state index is 0.148. The fourth-order valence-electron chi connectivity index (χ4n) is 2.26. The second-order valence-corrected chi connectivity index (χ2v) is 5.38. The summed E-state index contributed by atoms with van der Waals surface area (Å²) in [5.74, 6) is 0.745.